The Morgan fingerprint density at radius 1 is 1.31 bits per heavy atom. The summed E-state index contributed by atoms with van der Waals surface area (Å²) in [5, 5.41) is 10.5. The Kier molecular flexibility index (Phi) is 3.42. The Hall–Kier alpha value is -1.12. The number of aliphatic hydroxyl groups excluding tert-OH is 1. The monoisotopic (exact) mass is 235 g/mol. The van der Waals surface area contributed by atoms with Gasteiger partial charge in [-0.25, -0.2) is 4.98 Å². The van der Waals surface area contributed by atoms with Crippen LogP contribution in [0.3, 0.4) is 0 Å². The number of pyridine rings is 1. The van der Waals surface area contributed by atoms with Crippen molar-refractivity contribution in [3.05, 3.63) is 40.5 Å². The van der Waals surface area contributed by atoms with Crippen molar-refractivity contribution in [3.8, 4) is 0 Å². The predicted octanol–water partition coefficient (Wildman–Crippen LogP) is 3.12. The van der Waals surface area contributed by atoms with Crippen LogP contribution in [0.5, 0.6) is 0 Å². The van der Waals surface area contributed by atoms with Crippen LogP contribution >= 0.6 is 11.6 Å². The number of aromatic nitrogens is 1. The molecule has 0 aliphatic rings. The van der Waals surface area contributed by atoms with E-state index in [4.69, 9.17) is 16.7 Å². The molecule has 2 aromatic rings. The van der Waals surface area contributed by atoms with Gasteiger partial charge in [-0.05, 0) is 49.1 Å². The van der Waals surface area contributed by atoms with Gasteiger partial charge in [0.15, 0.2) is 0 Å². The van der Waals surface area contributed by atoms with Crippen LogP contribution in [-0.2, 0) is 6.42 Å². The first-order valence-electron chi connectivity index (χ1n) is 5.37. The van der Waals surface area contributed by atoms with Gasteiger partial charge in [-0.15, -0.1) is 0 Å². The van der Waals surface area contributed by atoms with Crippen molar-refractivity contribution in [1.82, 2.24) is 4.98 Å². The molecule has 0 aliphatic heterocycles. The van der Waals surface area contributed by atoms with Gasteiger partial charge in [0.05, 0.1) is 5.52 Å². The predicted molar refractivity (Wildman–Crippen MR) is 66.9 cm³/mol. The molecule has 0 bridgehead atoms. The average Bonchev–Trinajstić information content (AvgIpc) is 2.28. The lowest BCUT2D eigenvalue weighted by molar-refractivity contribution is 0.288. The van der Waals surface area contributed by atoms with Gasteiger partial charge < -0.3 is 5.11 Å². The van der Waals surface area contributed by atoms with Gasteiger partial charge in [-0.3, -0.25) is 0 Å². The summed E-state index contributed by atoms with van der Waals surface area (Å²) in [5.41, 5.74) is 3.14. The van der Waals surface area contributed by atoms with Crippen LogP contribution in [0.1, 0.15) is 17.5 Å². The van der Waals surface area contributed by atoms with Gasteiger partial charge in [-0.2, -0.15) is 0 Å². The van der Waals surface area contributed by atoms with E-state index in [9.17, 15) is 0 Å². The molecule has 0 fully saturated rings. The van der Waals surface area contributed by atoms with Gasteiger partial charge in [0.1, 0.15) is 5.15 Å². The highest BCUT2D eigenvalue weighted by Crippen LogP contribution is 2.21. The molecular weight excluding hydrogens is 222 g/mol. The minimum absolute atomic E-state index is 0.232. The van der Waals surface area contributed by atoms with E-state index in [1.165, 1.54) is 5.56 Å². The lowest BCUT2D eigenvalue weighted by Crippen LogP contribution is -1.91. The zero-order chi connectivity index (χ0) is 11.5. The lowest BCUT2D eigenvalue weighted by Gasteiger charge is -2.04. The summed E-state index contributed by atoms with van der Waals surface area (Å²) >= 11 is 5.97. The molecular formula is C13H14ClNO. The summed E-state index contributed by atoms with van der Waals surface area (Å²) in [6, 6.07) is 8.18. The molecule has 0 saturated carbocycles. The van der Waals surface area contributed by atoms with Crippen molar-refractivity contribution in [2.24, 2.45) is 0 Å². The molecule has 1 aromatic carbocycles. The van der Waals surface area contributed by atoms with E-state index >= 15 is 0 Å². The smallest absolute Gasteiger partial charge is 0.132 e. The maximum Gasteiger partial charge on any atom is 0.132 e. The first-order valence-corrected chi connectivity index (χ1v) is 5.75. The standard InChI is InChI=1S/C13H14ClNO/c1-9-7-11-8-10(3-2-6-16)4-5-12(11)15-13(9)14/h4-5,7-8,16H,2-3,6H2,1H3. The number of fused-ring (bicyclic) bond motifs is 1. The van der Waals surface area contributed by atoms with Crippen molar-refractivity contribution in [3.63, 3.8) is 0 Å². The molecule has 2 rings (SSSR count). The van der Waals surface area contributed by atoms with E-state index in [2.05, 4.69) is 11.1 Å². The maximum atomic E-state index is 8.79. The Morgan fingerprint density at radius 2 is 2.12 bits per heavy atom. The highest BCUT2D eigenvalue weighted by atomic mass is 35.5. The SMILES string of the molecule is Cc1cc2cc(CCCO)ccc2nc1Cl. The third-order valence-corrected chi connectivity index (χ3v) is 3.01. The molecule has 0 spiro atoms. The fourth-order valence-corrected chi connectivity index (χ4v) is 1.89. The molecule has 0 aliphatic carbocycles. The molecule has 0 atom stereocenters. The molecule has 0 amide bonds. The Morgan fingerprint density at radius 3 is 2.88 bits per heavy atom. The number of hydrogen-bond donors (Lipinski definition) is 1. The third kappa shape index (κ3) is 2.34. The van der Waals surface area contributed by atoms with Crippen LogP contribution in [0.15, 0.2) is 24.3 Å². The first-order chi connectivity index (χ1) is 7.70. The summed E-state index contributed by atoms with van der Waals surface area (Å²) in [5.74, 6) is 0. The lowest BCUT2D eigenvalue weighted by atomic mass is 10.1. The molecule has 0 unspecified atom stereocenters. The second kappa shape index (κ2) is 4.81. The fraction of sp³-hybridized carbons (Fsp3) is 0.308. The summed E-state index contributed by atoms with van der Waals surface area (Å²) < 4.78 is 0. The topological polar surface area (TPSA) is 33.1 Å². The van der Waals surface area contributed by atoms with Gasteiger partial charge in [0.25, 0.3) is 0 Å². The van der Waals surface area contributed by atoms with E-state index < -0.39 is 0 Å². The van der Waals surface area contributed by atoms with E-state index in [1.807, 2.05) is 25.1 Å². The third-order valence-electron chi connectivity index (χ3n) is 2.63. The van der Waals surface area contributed by atoms with Crippen molar-refractivity contribution in [1.29, 1.82) is 0 Å². The highest BCUT2D eigenvalue weighted by Gasteiger charge is 2.02. The van der Waals surface area contributed by atoms with Crippen molar-refractivity contribution in [2.75, 3.05) is 6.61 Å². The van der Waals surface area contributed by atoms with E-state index in [1.54, 1.807) is 0 Å². The molecule has 84 valence electrons. The molecule has 1 heterocycles. The highest BCUT2D eigenvalue weighted by molar-refractivity contribution is 6.30. The molecule has 16 heavy (non-hydrogen) atoms. The van der Waals surface area contributed by atoms with Gasteiger partial charge >= 0.3 is 0 Å². The second-order valence-corrected chi connectivity index (χ2v) is 4.31. The van der Waals surface area contributed by atoms with Crippen molar-refractivity contribution >= 4 is 22.5 Å². The molecule has 0 saturated heterocycles. The number of aryl methyl sites for hydroxylation is 2. The van der Waals surface area contributed by atoms with Crippen molar-refractivity contribution in [2.45, 2.75) is 19.8 Å². The summed E-state index contributed by atoms with van der Waals surface area (Å²) in [7, 11) is 0. The number of hydrogen-bond acceptors (Lipinski definition) is 2. The van der Waals surface area contributed by atoms with Gasteiger partial charge in [0, 0.05) is 12.0 Å². The maximum absolute atomic E-state index is 8.79. The first kappa shape index (κ1) is 11.4. The Balaban J connectivity index is 2.41. The molecule has 1 N–H and O–H groups in total. The molecule has 1 aromatic heterocycles. The van der Waals surface area contributed by atoms with Crippen LogP contribution in [0, 0.1) is 6.92 Å². The van der Waals surface area contributed by atoms with E-state index in [0.717, 1.165) is 29.3 Å². The Labute approximate surface area is 99.9 Å². The van der Waals surface area contributed by atoms with Crippen LogP contribution in [0.2, 0.25) is 5.15 Å². The average molecular weight is 236 g/mol. The molecule has 3 heteroatoms. The largest absolute Gasteiger partial charge is 0.396 e. The minimum atomic E-state index is 0.232. The van der Waals surface area contributed by atoms with Gasteiger partial charge in [0.2, 0.25) is 0 Å². The zero-order valence-corrected chi connectivity index (χ0v) is 9.96. The van der Waals surface area contributed by atoms with Crippen molar-refractivity contribution < 1.29 is 5.11 Å². The normalized spacial score (nSPS) is 10.9. The number of nitrogens with zero attached hydrogens (tertiary/aromatic N) is 1. The number of halogens is 1. The van der Waals surface area contributed by atoms with Crippen LogP contribution in [0.4, 0.5) is 0 Å². The summed E-state index contributed by atoms with van der Waals surface area (Å²) in [6.45, 7) is 2.19. The van der Waals surface area contributed by atoms with Crippen LogP contribution < -0.4 is 0 Å². The summed E-state index contributed by atoms with van der Waals surface area (Å²) in [4.78, 5) is 4.31. The van der Waals surface area contributed by atoms with Crippen LogP contribution in [-0.4, -0.2) is 16.7 Å². The van der Waals surface area contributed by atoms with E-state index in [-0.39, 0.29) is 6.61 Å². The number of aliphatic hydroxyl groups is 1. The number of benzene rings is 1. The minimum Gasteiger partial charge on any atom is -0.396 e. The van der Waals surface area contributed by atoms with Gasteiger partial charge in [-0.1, -0.05) is 17.7 Å². The molecule has 2 nitrogen and oxygen atoms in total. The van der Waals surface area contributed by atoms with Crippen LogP contribution in [0.25, 0.3) is 10.9 Å². The zero-order valence-electron chi connectivity index (χ0n) is 9.20. The quantitative estimate of drug-likeness (QED) is 0.830. The fourth-order valence-electron chi connectivity index (χ4n) is 1.75. The second-order valence-electron chi connectivity index (χ2n) is 3.95. The molecule has 0 radical (unpaired) electrons. The number of rotatable bonds is 3. The Bertz CT molecular complexity index is 511. The van der Waals surface area contributed by atoms with E-state index in [0.29, 0.717) is 5.15 Å². The summed E-state index contributed by atoms with van der Waals surface area (Å²) in [6.07, 6.45) is 1.69.